The van der Waals surface area contributed by atoms with E-state index in [0.29, 0.717) is 11.6 Å². The summed E-state index contributed by atoms with van der Waals surface area (Å²) in [5, 5.41) is 0. The number of nitrogens with zero attached hydrogens (tertiary/aromatic N) is 8. The molecule has 8 nitrogen and oxygen atoms in total. The van der Waals surface area contributed by atoms with Crippen LogP contribution in [0.3, 0.4) is 0 Å². The lowest BCUT2D eigenvalue weighted by molar-refractivity contribution is 1.05. The summed E-state index contributed by atoms with van der Waals surface area (Å²) in [6, 6.07) is 47.0. The van der Waals surface area contributed by atoms with Crippen LogP contribution >= 0.6 is 23.5 Å². The van der Waals surface area contributed by atoms with Crippen molar-refractivity contribution in [3.63, 3.8) is 0 Å². The SMILES string of the molecule is c1ccc2c(c1)Sc1ccccc1N2c1ccc(-c2ccc(N3c4ccccc4Sc4ccccc43)cc2-c2ncncn2)c(-c2ncncn2)c1. The number of para-hydroxylation sites is 4. The molecule has 4 heterocycles. The standard InChI is InChI=1S/C42H26N8S2/c1-5-13-37-33(9-1)49(34-10-2-6-14-38(34)51-37)27-17-19-29(31(21-27)41-45-23-43-24-46-41)30-20-18-28(22-32(30)42-47-25-44-26-48-42)50-35-11-3-7-15-39(35)52-40-16-8-4-12-36(40)50/h1-26H. The predicted molar refractivity (Wildman–Crippen MR) is 207 cm³/mol. The van der Waals surface area contributed by atoms with Gasteiger partial charge in [-0.15, -0.1) is 0 Å². The zero-order valence-corrected chi connectivity index (χ0v) is 29.0. The summed E-state index contributed by atoms with van der Waals surface area (Å²) >= 11 is 3.57. The third-order valence-electron chi connectivity index (χ3n) is 9.15. The topological polar surface area (TPSA) is 83.8 Å². The number of aromatic nitrogens is 6. The molecule has 6 aromatic carbocycles. The Morgan fingerprint density at radius 2 is 0.673 bits per heavy atom. The molecule has 52 heavy (non-hydrogen) atoms. The highest BCUT2D eigenvalue weighted by atomic mass is 32.2. The number of benzene rings is 6. The van der Waals surface area contributed by atoms with E-state index in [1.807, 2.05) is 0 Å². The normalized spacial score (nSPS) is 12.8. The third kappa shape index (κ3) is 5.19. The van der Waals surface area contributed by atoms with Gasteiger partial charge in [-0.2, -0.15) is 0 Å². The first kappa shape index (κ1) is 30.5. The van der Waals surface area contributed by atoms with Gasteiger partial charge >= 0.3 is 0 Å². The Bertz CT molecular complexity index is 2350. The maximum atomic E-state index is 4.66. The second kappa shape index (κ2) is 12.8. The molecule has 0 spiro atoms. The first-order chi connectivity index (χ1) is 25.8. The molecule has 0 saturated carbocycles. The van der Waals surface area contributed by atoms with Crippen molar-refractivity contribution in [3.8, 4) is 33.9 Å². The summed E-state index contributed by atoms with van der Waals surface area (Å²) in [5.41, 5.74) is 10.1. The van der Waals surface area contributed by atoms with Gasteiger partial charge in [0.2, 0.25) is 0 Å². The molecule has 2 aromatic heterocycles. The fourth-order valence-electron chi connectivity index (χ4n) is 6.90. The lowest BCUT2D eigenvalue weighted by Crippen LogP contribution is -2.15. The Labute approximate surface area is 308 Å². The highest BCUT2D eigenvalue weighted by Gasteiger charge is 2.28. The minimum Gasteiger partial charge on any atom is -0.308 e. The molecule has 2 aliphatic rings. The number of anilines is 6. The third-order valence-corrected chi connectivity index (χ3v) is 11.4. The maximum Gasteiger partial charge on any atom is 0.163 e. The molecular weight excluding hydrogens is 681 g/mol. The van der Waals surface area contributed by atoms with Gasteiger partial charge in [-0.05, 0) is 83.9 Å². The van der Waals surface area contributed by atoms with Crippen LogP contribution in [-0.4, -0.2) is 29.9 Å². The molecule has 0 atom stereocenters. The first-order valence-electron chi connectivity index (χ1n) is 16.7. The van der Waals surface area contributed by atoms with Crippen LogP contribution in [0, 0.1) is 0 Å². The molecule has 8 aromatic rings. The van der Waals surface area contributed by atoms with Crippen LogP contribution in [0.1, 0.15) is 0 Å². The maximum absolute atomic E-state index is 4.66. The van der Waals surface area contributed by atoms with Crippen molar-refractivity contribution in [2.45, 2.75) is 19.6 Å². The molecule has 0 aliphatic carbocycles. The van der Waals surface area contributed by atoms with E-state index in [1.54, 1.807) is 48.8 Å². The summed E-state index contributed by atoms with van der Waals surface area (Å²) in [6.45, 7) is 0. The Balaban J connectivity index is 1.18. The van der Waals surface area contributed by atoms with Crippen molar-refractivity contribution >= 4 is 57.6 Å². The number of hydrogen-bond acceptors (Lipinski definition) is 10. The number of fused-ring (bicyclic) bond motifs is 4. The van der Waals surface area contributed by atoms with Crippen LogP contribution in [0.2, 0.25) is 0 Å². The van der Waals surface area contributed by atoms with E-state index in [0.717, 1.165) is 56.4 Å². The van der Waals surface area contributed by atoms with E-state index in [9.17, 15) is 0 Å². The van der Waals surface area contributed by atoms with Crippen molar-refractivity contribution in [2.24, 2.45) is 0 Å². The molecule has 10 heteroatoms. The number of hydrogen-bond donors (Lipinski definition) is 0. The second-order valence-electron chi connectivity index (χ2n) is 12.1. The van der Waals surface area contributed by atoms with Gasteiger partial charge in [-0.3, -0.25) is 0 Å². The van der Waals surface area contributed by atoms with Gasteiger partial charge in [0.05, 0.1) is 22.7 Å². The Hall–Kier alpha value is -6.36. The van der Waals surface area contributed by atoms with Crippen molar-refractivity contribution in [1.29, 1.82) is 0 Å². The summed E-state index contributed by atoms with van der Waals surface area (Å²) in [7, 11) is 0. The second-order valence-corrected chi connectivity index (χ2v) is 14.3. The van der Waals surface area contributed by atoms with Gasteiger partial charge in [0.25, 0.3) is 0 Å². The Morgan fingerprint density at radius 3 is 1.02 bits per heavy atom. The summed E-state index contributed by atoms with van der Waals surface area (Å²) in [6.07, 6.45) is 6.17. The molecule has 0 unspecified atom stereocenters. The van der Waals surface area contributed by atoms with Crippen LogP contribution in [0.15, 0.2) is 178 Å². The zero-order valence-electron chi connectivity index (χ0n) is 27.4. The fraction of sp³-hybridized carbons (Fsp3) is 0. The molecule has 10 rings (SSSR count). The van der Waals surface area contributed by atoms with Crippen LogP contribution in [-0.2, 0) is 0 Å². The first-order valence-corrected chi connectivity index (χ1v) is 18.3. The van der Waals surface area contributed by atoms with Crippen molar-refractivity contribution in [2.75, 3.05) is 9.80 Å². The average molecular weight is 707 g/mol. The summed E-state index contributed by atoms with van der Waals surface area (Å²) < 4.78 is 0. The van der Waals surface area contributed by atoms with E-state index >= 15 is 0 Å². The van der Waals surface area contributed by atoms with Gasteiger partial charge in [0.1, 0.15) is 25.3 Å². The molecule has 0 bridgehead atoms. The largest absolute Gasteiger partial charge is 0.308 e. The van der Waals surface area contributed by atoms with E-state index < -0.39 is 0 Å². The fourth-order valence-corrected chi connectivity index (χ4v) is 9.02. The van der Waals surface area contributed by atoms with Gasteiger partial charge in [0, 0.05) is 42.1 Å². The summed E-state index contributed by atoms with van der Waals surface area (Å²) in [4.78, 5) is 36.3. The van der Waals surface area contributed by atoms with Crippen LogP contribution < -0.4 is 9.80 Å². The highest BCUT2D eigenvalue weighted by Crippen LogP contribution is 2.54. The number of rotatable bonds is 5. The Morgan fingerprint density at radius 1 is 0.346 bits per heavy atom. The van der Waals surface area contributed by atoms with Gasteiger partial charge < -0.3 is 9.80 Å². The summed E-state index contributed by atoms with van der Waals surface area (Å²) in [5.74, 6) is 1.14. The van der Waals surface area contributed by atoms with Crippen LogP contribution in [0.4, 0.5) is 34.1 Å². The lowest BCUT2D eigenvalue weighted by Gasteiger charge is -2.33. The van der Waals surface area contributed by atoms with E-state index in [-0.39, 0.29) is 0 Å². The molecule has 246 valence electrons. The van der Waals surface area contributed by atoms with E-state index in [2.05, 4.69) is 173 Å². The van der Waals surface area contributed by atoms with Gasteiger partial charge in [-0.25, -0.2) is 29.9 Å². The average Bonchev–Trinajstić information content (AvgIpc) is 3.22. The quantitative estimate of drug-likeness (QED) is 0.172. The van der Waals surface area contributed by atoms with Crippen molar-refractivity contribution in [3.05, 3.63) is 159 Å². The van der Waals surface area contributed by atoms with Gasteiger partial charge in [0.15, 0.2) is 11.6 Å². The smallest absolute Gasteiger partial charge is 0.163 e. The lowest BCUT2D eigenvalue weighted by atomic mass is 9.93. The minimum atomic E-state index is 0.571. The van der Waals surface area contributed by atoms with Crippen LogP contribution in [0.5, 0.6) is 0 Å². The monoisotopic (exact) mass is 706 g/mol. The molecule has 0 saturated heterocycles. The van der Waals surface area contributed by atoms with E-state index in [1.165, 1.54) is 19.6 Å². The zero-order chi connectivity index (χ0) is 34.4. The molecule has 0 N–H and O–H groups in total. The highest BCUT2D eigenvalue weighted by molar-refractivity contribution is 8.00. The van der Waals surface area contributed by atoms with Crippen LogP contribution in [0.25, 0.3) is 33.9 Å². The Kier molecular flexibility index (Phi) is 7.47. The molecule has 0 amide bonds. The van der Waals surface area contributed by atoms with Gasteiger partial charge in [-0.1, -0.05) is 84.2 Å². The minimum absolute atomic E-state index is 0.571. The molecule has 2 aliphatic heterocycles. The van der Waals surface area contributed by atoms with Crippen molar-refractivity contribution < 1.29 is 0 Å². The molecule has 0 radical (unpaired) electrons. The van der Waals surface area contributed by atoms with Crippen molar-refractivity contribution in [1.82, 2.24) is 29.9 Å². The molecule has 0 fully saturated rings. The van der Waals surface area contributed by atoms with E-state index in [4.69, 9.17) is 0 Å². The predicted octanol–water partition coefficient (Wildman–Crippen LogP) is 10.9. The molecular formula is C42H26N8S2.